The Bertz CT molecular complexity index is 408. The van der Waals surface area contributed by atoms with Gasteiger partial charge >= 0.3 is 0 Å². The highest BCUT2D eigenvalue weighted by atomic mass is 32.2. The van der Waals surface area contributed by atoms with Crippen LogP contribution in [0.2, 0.25) is 0 Å². The monoisotopic (exact) mass is 253 g/mol. The molecule has 0 aliphatic carbocycles. The average Bonchev–Trinajstić information content (AvgIpc) is 2.75. The first kappa shape index (κ1) is 12.2. The van der Waals surface area contributed by atoms with Crippen molar-refractivity contribution in [1.29, 1.82) is 0 Å². The van der Waals surface area contributed by atoms with Crippen molar-refractivity contribution < 1.29 is 9.94 Å². The summed E-state index contributed by atoms with van der Waals surface area (Å²) in [4.78, 5) is 4.28. The minimum Gasteiger partial charge on any atom is -0.409 e. The van der Waals surface area contributed by atoms with Crippen LogP contribution in [0.5, 0.6) is 0 Å². The summed E-state index contributed by atoms with van der Waals surface area (Å²) >= 11 is 1.71. The van der Waals surface area contributed by atoms with E-state index in [-0.39, 0.29) is 11.9 Å². The van der Waals surface area contributed by atoms with E-state index < -0.39 is 0 Å². The van der Waals surface area contributed by atoms with Crippen molar-refractivity contribution in [3.63, 3.8) is 0 Å². The van der Waals surface area contributed by atoms with Crippen LogP contribution in [0, 0.1) is 0 Å². The molecule has 3 N–H and O–H groups in total. The molecule has 0 spiro atoms. The number of ether oxygens (including phenoxy) is 1. The number of hydrogen-bond donors (Lipinski definition) is 2. The molecular formula is C11H15N3O2S. The fourth-order valence-corrected chi connectivity index (χ4v) is 2.74. The van der Waals surface area contributed by atoms with Crippen molar-refractivity contribution in [1.82, 2.24) is 4.98 Å². The van der Waals surface area contributed by atoms with E-state index in [9.17, 15) is 0 Å². The fraction of sp³-hybridized carbons (Fsp3) is 0.455. The Balaban J connectivity index is 2.03. The lowest BCUT2D eigenvalue weighted by Gasteiger charge is -2.12. The Kier molecular flexibility index (Phi) is 3.86. The van der Waals surface area contributed by atoms with Crippen LogP contribution >= 0.6 is 11.8 Å². The van der Waals surface area contributed by atoms with Crippen molar-refractivity contribution in [3.05, 3.63) is 23.9 Å². The smallest absolute Gasteiger partial charge is 0.171 e. The first-order valence-corrected chi connectivity index (χ1v) is 6.31. The van der Waals surface area contributed by atoms with E-state index >= 15 is 0 Å². The molecule has 1 aromatic heterocycles. The zero-order valence-electron chi connectivity index (χ0n) is 9.54. The molecule has 1 saturated heterocycles. The lowest BCUT2D eigenvalue weighted by atomic mass is 10.3. The van der Waals surface area contributed by atoms with Crippen LogP contribution in [-0.2, 0) is 4.74 Å². The highest BCUT2D eigenvalue weighted by Crippen LogP contribution is 2.31. The highest BCUT2D eigenvalue weighted by Gasteiger charge is 2.25. The van der Waals surface area contributed by atoms with Crippen LogP contribution in [0.3, 0.4) is 0 Å². The van der Waals surface area contributed by atoms with Gasteiger partial charge in [-0.15, -0.1) is 11.8 Å². The first-order chi connectivity index (χ1) is 8.20. The van der Waals surface area contributed by atoms with Gasteiger partial charge in [0.25, 0.3) is 0 Å². The topological polar surface area (TPSA) is 80.7 Å². The molecule has 17 heavy (non-hydrogen) atoms. The van der Waals surface area contributed by atoms with E-state index in [0.29, 0.717) is 10.8 Å². The quantitative estimate of drug-likeness (QED) is 0.369. The minimum atomic E-state index is 0.0756. The zero-order valence-corrected chi connectivity index (χ0v) is 10.4. The predicted molar refractivity (Wildman–Crippen MR) is 66.4 cm³/mol. The van der Waals surface area contributed by atoms with Gasteiger partial charge in [-0.2, -0.15) is 0 Å². The second-order valence-corrected chi connectivity index (χ2v) is 5.15. The summed E-state index contributed by atoms with van der Waals surface area (Å²) in [6, 6.07) is 3.67. The molecule has 0 radical (unpaired) electrons. The zero-order chi connectivity index (χ0) is 12.3. The summed E-state index contributed by atoms with van der Waals surface area (Å²) in [5.74, 6) is 0.0756. The summed E-state index contributed by atoms with van der Waals surface area (Å²) in [5, 5.41) is 12.9. The summed E-state index contributed by atoms with van der Waals surface area (Å²) in [6.45, 7) is 2.90. The van der Waals surface area contributed by atoms with Gasteiger partial charge in [-0.05, 0) is 25.5 Å². The molecule has 5 nitrogen and oxygen atoms in total. The van der Waals surface area contributed by atoms with Crippen LogP contribution in [0.4, 0.5) is 0 Å². The molecule has 2 rings (SSSR count). The van der Waals surface area contributed by atoms with Crippen LogP contribution < -0.4 is 5.73 Å². The molecule has 2 unspecified atom stereocenters. The van der Waals surface area contributed by atoms with Crippen LogP contribution in [-0.4, -0.2) is 34.0 Å². The molecule has 1 aliphatic rings. The van der Waals surface area contributed by atoms with E-state index in [0.717, 1.165) is 18.1 Å². The molecule has 1 fully saturated rings. The van der Waals surface area contributed by atoms with Crippen molar-refractivity contribution in [2.75, 3.05) is 6.61 Å². The van der Waals surface area contributed by atoms with Gasteiger partial charge in [0.1, 0.15) is 0 Å². The number of nitrogens with two attached hydrogens (primary N) is 1. The molecule has 0 aromatic carbocycles. The standard InChI is InChI=1S/C11H15N3O2S/c1-7-9(4-5-16-7)17-10-3-2-8(6-13-10)11(12)14-15/h2-3,6-7,9,15H,4-5H2,1H3,(H2,12,14). The number of rotatable bonds is 3. The second-order valence-electron chi connectivity index (χ2n) is 3.89. The van der Waals surface area contributed by atoms with Crippen molar-refractivity contribution in [2.24, 2.45) is 10.9 Å². The third-order valence-electron chi connectivity index (χ3n) is 2.72. The number of aromatic nitrogens is 1. The number of pyridine rings is 1. The molecule has 6 heteroatoms. The number of amidine groups is 1. The molecule has 2 heterocycles. The minimum absolute atomic E-state index is 0.0756. The largest absolute Gasteiger partial charge is 0.409 e. The number of oxime groups is 1. The third-order valence-corrected chi connectivity index (χ3v) is 4.12. The van der Waals surface area contributed by atoms with Gasteiger partial charge in [0.15, 0.2) is 5.84 Å². The van der Waals surface area contributed by atoms with E-state index in [2.05, 4.69) is 17.1 Å². The highest BCUT2D eigenvalue weighted by molar-refractivity contribution is 7.99. The molecule has 0 saturated carbocycles. The Morgan fingerprint density at radius 2 is 2.47 bits per heavy atom. The fourth-order valence-electron chi connectivity index (χ4n) is 1.68. The normalized spacial score (nSPS) is 25.1. The van der Waals surface area contributed by atoms with E-state index in [1.165, 1.54) is 0 Å². The van der Waals surface area contributed by atoms with Gasteiger partial charge in [0.05, 0.1) is 11.1 Å². The summed E-state index contributed by atoms with van der Waals surface area (Å²) in [5.41, 5.74) is 6.08. The maximum Gasteiger partial charge on any atom is 0.171 e. The number of thioether (sulfide) groups is 1. The molecular weight excluding hydrogens is 238 g/mol. The second kappa shape index (κ2) is 5.37. The Labute approximate surface area is 104 Å². The first-order valence-electron chi connectivity index (χ1n) is 5.43. The summed E-state index contributed by atoms with van der Waals surface area (Å²) in [6.07, 6.45) is 2.93. The van der Waals surface area contributed by atoms with E-state index in [1.807, 2.05) is 6.07 Å². The number of nitrogens with zero attached hydrogens (tertiary/aromatic N) is 2. The average molecular weight is 253 g/mol. The van der Waals surface area contributed by atoms with Crippen LogP contribution in [0.1, 0.15) is 18.9 Å². The molecule has 2 atom stereocenters. The summed E-state index contributed by atoms with van der Waals surface area (Å²) < 4.78 is 5.50. The van der Waals surface area contributed by atoms with Gasteiger partial charge in [-0.1, -0.05) is 5.16 Å². The van der Waals surface area contributed by atoms with Gasteiger partial charge < -0.3 is 15.7 Å². The van der Waals surface area contributed by atoms with E-state index in [4.69, 9.17) is 15.7 Å². The third kappa shape index (κ3) is 2.89. The van der Waals surface area contributed by atoms with E-state index in [1.54, 1.807) is 24.0 Å². The maximum absolute atomic E-state index is 8.54. The Morgan fingerprint density at radius 1 is 1.65 bits per heavy atom. The van der Waals surface area contributed by atoms with Gasteiger partial charge in [0, 0.05) is 23.6 Å². The van der Waals surface area contributed by atoms with Crippen LogP contribution in [0.15, 0.2) is 28.5 Å². The Morgan fingerprint density at radius 3 is 3.00 bits per heavy atom. The van der Waals surface area contributed by atoms with Gasteiger partial charge in [-0.3, -0.25) is 0 Å². The predicted octanol–water partition coefficient (Wildman–Crippen LogP) is 1.45. The summed E-state index contributed by atoms with van der Waals surface area (Å²) in [7, 11) is 0. The van der Waals surface area contributed by atoms with Crippen LogP contribution in [0.25, 0.3) is 0 Å². The number of hydrogen-bond acceptors (Lipinski definition) is 5. The van der Waals surface area contributed by atoms with Gasteiger partial charge in [-0.25, -0.2) is 4.98 Å². The van der Waals surface area contributed by atoms with Crippen molar-refractivity contribution in [3.8, 4) is 0 Å². The molecule has 92 valence electrons. The van der Waals surface area contributed by atoms with Crippen molar-refractivity contribution >= 4 is 17.6 Å². The maximum atomic E-state index is 8.54. The van der Waals surface area contributed by atoms with Crippen molar-refractivity contribution in [2.45, 2.75) is 29.7 Å². The molecule has 0 amide bonds. The molecule has 1 aliphatic heterocycles. The molecule has 1 aromatic rings. The lowest BCUT2D eigenvalue weighted by molar-refractivity contribution is 0.127. The lowest BCUT2D eigenvalue weighted by Crippen LogP contribution is -2.14. The molecule has 0 bridgehead atoms. The SMILES string of the molecule is CC1OCCC1Sc1ccc(/C(N)=N/O)cn1. The van der Waals surface area contributed by atoms with Gasteiger partial charge in [0.2, 0.25) is 0 Å². The Hall–Kier alpha value is -1.27.